The second kappa shape index (κ2) is 6.65. The standard InChI is InChI=1S/C16H22BrN3O2S/c1-11(2)10-20(14-7-6-12(3)8-13(14)4)23(21,22)15-9-18-19(5)16(15)17/h6-9,11H,10H2,1-5H3. The average molecular weight is 400 g/mol. The molecule has 1 aromatic heterocycles. The molecule has 0 N–H and O–H groups in total. The van der Waals surface area contributed by atoms with Crippen LogP contribution in [0.5, 0.6) is 0 Å². The van der Waals surface area contributed by atoms with Crippen molar-refractivity contribution in [3.63, 3.8) is 0 Å². The highest BCUT2D eigenvalue weighted by Crippen LogP contribution is 2.31. The van der Waals surface area contributed by atoms with Crippen LogP contribution in [0, 0.1) is 19.8 Å². The third kappa shape index (κ3) is 3.61. The zero-order valence-corrected chi connectivity index (χ0v) is 16.4. The highest BCUT2D eigenvalue weighted by atomic mass is 79.9. The fraction of sp³-hybridized carbons (Fsp3) is 0.438. The first-order chi connectivity index (χ1) is 10.6. The van der Waals surface area contributed by atoms with Crippen LogP contribution in [-0.4, -0.2) is 24.7 Å². The van der Waals surface area contributed by atoms with Crippen LogP contribution in [0.25, 0.3) is 0 Å². The van der Waals surface area contributed by atoms with E-state index in [1.165, 1.54) is 15.2 Å². The molecule has 0 radical (unpaired) electrons. The van der Waals surface area contributed by atoms with Crippen molar-refractivity contribution in [2.75, 3.05) is 10.8 Å². The van der Waals surface area contributed by atoms with Crippen LogP contribution >= 0.6 is 15.9 Å². The molecule has 1 heterocycles. The summed E-state index contributed by atoms with van der Waals surface area (Å²) in [4.78, 5) is 0.181. The molecule has 0 aliphatic rings. The van der Waals surface area contributed by atoms with E-state index in [4.69, 9.17) is 0 Å². The SMILES string of the molecule is Cc1ccc(N(CC(C)C)S(=O)(=O)c2cnn(C)c2Br)c(C)c1. The van der Waals surface area contributed by atoms with E-state index < -0.39 is 10.0 Å². The summed E-state index contributed by atoms with van der Waals surface area (Å²) < 4.78 is 29.8. The maximum Gasteiger partial charge on any atom is 0.268 e. The predicted molar refractivity (Wildman–Crippen MR) is 96.2 cm³/mol. The lowest BCUT2D eigenvalue weighted by Crippen LogP contribution is -2.35. The second-order valence-electron chi connectivity index (χ2n) is 6.14. The molecule has 5 nitrogen and oxygen atoms in total. The van der Waals surface area contributed by atoms with Crippen molar-refractivity contribution < 1.29 is 8.42 Å². The van der Waals surface area contributed by atoms with E-state index in [1.807, 2.05) is 45.9 Å². The lowest BCUT2D eigenvalue weighted by atomic mass is 10.1. The van der Waals surface area contributed by atoms with Gasteiger partial charge in [-0.2, -0.15) is 5.10 Å². The van der Waals surface area contributed by atoms with Crippen LogP contribution in [0.4, 0.5) is 5.69 Å². The average Bonchev–Trinajstić information content (AvgIpc) is 2.77. The number of aromatic nitrogens is 2. The van der Waals surface area contributed by atoms with E-state index in [-0.39, 0.29) is 10.8 Å². The van der Waals surface area contributed by atoms with Gasteiger partial charge in [0.05, 0.1) is 11.9 Å². The van der Waals surface area contributed by atoms with E-state index in [2.05, 4.69) is 21.0 Å². The van der Waals surface area contributed by atoms with Crippen molar-refractivity contribution in [1.82, 2.24) is 9.78 Å². The monoisotopic (exact) mass is 399 g/mol. The minimum absolute atomic E-state index is 0.181. The Morgan fingerprint density at radius 2 is 1.96 bits per heavy atom. The van der Waals surface area contributed by atoms with Crippen LogP contribution in [-0.2, 0) is 17.1 Å². The van der Waals surface area contributed by atoms with Gasteiger partial charge in [-0.25, -0.2) is 8.42 Å². The first-order valence-electron chi connectivity index (χ1n) is 7.42. The zero-order valence-electron chi connectivity index (χ0n) is 14.0. The van der Waals surface area contributed by atoms with Crippen molar-refractivity contribution >= 4 is 31.6 Å². The number of hydrogen-bond acceptors (Lipinski definition) is 3. The molecular formula is C16H22BrN3O2S. The van der Waals surface area contributed by atoms with Gasteiger partial charge in [-0.1, -0.05) is 31.5 Å². The summed E-state index contributed by atoms with van der Waals surface area (Å²) in [6.45, 7) is 8.35. The normalized spacial score (nSPS) is 12.0. The lowest BCUT2D eigenvalue weighted by molar-refractivity contribution is 0.577. The van der Waals surface area contributed by atoms with Crippen molar-refractivity contribution in [2.45, 2.75) is 32.6 Å². The molecule has 0 spiro atoms. The third-order valence-electron chi connectivity index (χ3n) is 3.56. The molecule has 7 heteroatoms. The highest BCUT2D eigenvalue weighted by Gasteiger charge is 2.30. The molecule has 0 aliphatic heterocycles. The van der Waals surface area contributed by atoms with Crippen molar-refractivity contribution in [2.24, 2.45) is 13.0 Å². The Kier molecular flexibility index (Phi) is 5.20. The number of aryl methyl sites for hydroxylation is 3. The van der Waals surface area contributed by atoms with Gasteiger partial charge in [0.1, 0.15) is 9.50 Å². The highest BCUT2D eigenvalue weighted by molar-refractivity contribution is 9.10. The predicted octanol–water partition coefficient (Wildman–Crippen LogP) is 3.65. The molecule has 0 unspecified atom stereocenters. The Morgan fingerprint density at radius 3 is 2.43 bits per heavy atom. The molecule has 23 heavy (non-hydrogen) atoms. The van der Waals surface area contributed by atoms with Crippen molar-refractivity contribution in [3.8, 4) is 0 Å². The number of anilines is 1. The summed E-state index contributed by atoms with van der Waals surface area (Å²) in [6.07, 6.45) is 1.39. The number of rotatable bonds is 5. The minimum atomic E-state index is -3.69. The molecule has 1 aromatic carbocycles. The largest absolute Gasteiger partial charge is 0.268 e. The van der Waals surface area contributed by atoms with Gasteiger partial charge in [0.2, 0.25) is 0 Å². The summed E-state index contributed by atoms with van der Waals surface area (Å²) in [5.74, 6) is 0.195. The molecular weight excluding hydrogens is 378 g/mol. The number of nitrogens with zero attached hydrogens (tertiary/aromatic N) is 3. The summed E-state index contributed by atoms with van der Waals surface area (Å²) >= 11 is 3.32. The van der Waals surface area contributed by atoms with E-state index >= 15 is 0 Å². The second-order valence-corrected chi connectivity index (χ2v) is 8.73. The van der Waals surface area contributed by atoms with E-state index in [0.29, 0.717) is 16.8 Å². The van der Waals surface area contributed by atoms with Crippen LogP contribution < -0.4 is 4.31 Å². The Balaban J connectivity index is 2.60. The fourth-order valence-electron chi connectivity index (χ4n) is 2.44. The Hall–Kier alpha value is -1.34. The van der Waals surface area contributed by atoms with Gasteiger partial charge >= 0.3 is 0 Å². The van der Waals surface area contributed by atoms with Crippen LogP contribution in [0.1, 0.15) is 25.0 Å². The van der Waals surface area contributed by atoms with Gasteiger partial charge in [-0.3, -0.25) is 8.99 Å². The summed E-state index contributed by atoms with van der Waals surface area (Å²) in [7, 11) is -1.99. The topological polar surface area (TPSA) is 55.2 Å². The maximum absolute atomic E-state index is 13.2. The van der Waals surface area contributed by atoms with Crippen LogP contribution in [0.15, 0.2) is 33.9 Å². The lowest BCUT2D eigenvalue weighted by Gasteiger charge is -2.27. The van der Waals surface area contributed by atoms with Crippen molar-refractivity contribution in [1.29, 1.82) is 0 Å². The smallest absolute Gasteiger partial charge is 0.266 e. The third-order valence-corrected chi connectivity index (χ3v) is 6.54. The number of sulfonamides is 1. The maximum atomic E-state index is 13.2. The Bertz CT molecular complexity index is 813. The first-order valence-corrected chi connectivity index (χ1v) is 9.65. The van der Waals surface area contributed by atoms with Gasteiger partial charge in [0.25, 0.3) is 10.0 Å². The molecule has 0 fully saturated rings. The molecule has 126 valence electrons. The van der Waals surface area contributed by atoms with E-state index in [1.54, 1.807) is 7.05 Å². The van der Waals surface area contributed by atoms with Gasteiger partial charge in [0, 0.05) is 13.6 Å². The number of benzene rings is 1. The summed E-state index contributed by atoms with van der Waals surface area (Å²) in [6, 6.07) is 5.80. The van der Waals surface area contributed by atoms with E-state index in [9.17, 15) is 8.42 Å². The minimum Gasteiger partial charge on any atom is -0.266 e. The molecule has 0 saturated heterocycles. The summed E-state index contributed by atoms with van der Waals surface area (Å²) in [5, 5.41) is 4.04. The molecule has 0 atom stereocenters. The number of hydrogen-bond donors (Lipinski definition) is 0. The van der Waals surface area contributed by atoms with Crippen LogP contribution in [0.2, 0.25) is 0 Å². The van der Waals surface area contributed by atoms with Gasteiger partial charge in [-0.05, 0) is 47.3 Å². The van der Waals surface area contributed by atoms with Gasteiger partial charge < -0.3 is 0 Å². The summed E-state index contributed by atoms with van der Waals surface area (Å²) in [5.41, 5.74) is 2.75. The molecule has 2 rings (SSSR count). The molecule has 0 bridgehead atoms. The quantitative estimate of drug-likeness (QED) is 0.770. The molecule has 0 saturated carbocycles. The van der Waals surface area contributed by atoms with Gasteiger partial charge in [-0.15, -0.1) is 0 Å². The van der Waals surface area contributed by atoms with Crippen LogP contribution in [0.3, 0.4) is 0 Å². The number of halogens is 1. The Morgan fingerprint density at radius 1 is 1.30 bits per heavy atom. The molecule has 0 amide bonds. The first kappa shape index (κ1) is 18.0. The molecule has 0 aliphatic carbocycles. The van der Waals surface area contributed by atoms with Gasteiger partial charge in [0.15, 0.2) is 0 Å². The van der Waals surface area contributed by atoms with Crippen molar-refractivity contribution in [3.05, 3.63) is 40.1 Å². The zero-order chi connectivity index (χ0) is 17.4. The van der Waals surface area contributed by atoms with E-state index in [0.717, 1.165) is 11.1 Å². The fourth-order valence-corrected chi connectivity index (χ4v) is 4.97. The Labute approximate surface area is 146 Å². The molecule has 2 aromatic rings.